The number of ether oxygens (including phenoxy) is 1. The number of anilines is 1. The normalized spacial score (nSPS) is 10.2. The van der Waals surface area contributed by atoms with E-state index in [4.69, 9.17) is 10.5 Å². The fraction of sp³-hybridized carbons (Fsp3) is 0.235. The molecule has 2 aromatic carbocycles. The second kappa shape index (κ2) is 7.45. The highest BCUT2D eigenvalue weighted by molar-refractivity contribution is 5.91. The molecule has 0 fully saturated rings. The van der Waals surface area contributed by atoms with Crippen molar-refractivity contribution in [1.29, 1.82) is 0 Å². The first-order chi connectivity index (χ1) is 10.2. The topological polar surface area (TPSA) is 64.3 Å². The highest BCUT2D eigenvalue weighted by Gasteiger charge is 2.06. The molecule has 2 aromatic rings. The molecule has 0 unspecified atom stereocenters. The van der Waals surface area contributed by atoms with Crippen LogP contribution in [0.3, 0.4) is 0 Å². The van der Waals surface area contributed by atoms with Crippen molar-refractivity contribution in [1.82, 2.24) is 0 Å². The summed E-state index contributed by atoms with van der Waals surface area (Å²) in [5.74, 6) is 0.579. The fourth-order valence-electron chi connectivity index (χ4n) is 2.00. The van der Waals surface area contributed by atoms with Gasteiger partial charge in [0.15, 0.2) is 6.61 Å². The Morgan fingerprint density at radius 2 is 1.86 bits per heavy atom. The lowest BCUT2D eigenvalue weighted by molar-refractivity contribution is -0.118. The first-order valence-corrected chi connectivity index (χ1v) is 7.02. The third kappa shape index (κ3) is 4.33. The first-order valence-electron chi connectivity index (χ1n) is 7.02. The molecule has 3 N–H and O–H groups in total. The molecule has 0 radical (unpaired) electrons. The molecule has 4 heteroatoms. The van der Waals surface area contributed by atoms with E-state index in [1.54, 1.807) is 0 Å². The Bertz CT molecular complexity index is 594. The summed E-state index contributed by atoms with van der Waals surface area (Å²) >= 11 is 0. The van der Waals surface area contributed by atoms with Crippen LogP contribution >= 0.6 is 0 Å². The third-order valence-corrected chi connectivity index (χ3v) is 3.19. The van der Waals surface area contributed by atoms with Gasteiger partial charge in [0.2, 0.25) is 0 Å². The van der Waals surface area contributed by atoms with Crippen LogP contribution in [0, 0.1) is 0 Å². The number of amides is 1. The van der Waals surface area contributed by atoms with E-state index >= 15 is 0 Å². The van der Waals surface area contributed by atoms with Gasteiger partial charge < -0.3 is 15.8 Å². The van der Waals surface area contributed by atoms with Crippen LogP contribution in [-0.2, 0) is 17.8 Å². The summed E-state index contributed by atoms with van der Waals surface area (Å²) in [6.07, 6.45) is 0.873. The molecule has 0 heterocycles. The first kappa shape index (κ1) is 15.1. The zero-order valence-corrected chi connectivity index (χ0v) is 12.1. The van der Waals surface area contributed by atoms with Crippen LogP contribution in [0.5, 0.6) is 5.75 Å². The number of hydrogen-bond donors (Lipinski definition) is 2. The van der Waals surface area contributed by atoms with Crippen LogP contribution in [0.25, 0.3) is 0 Å². The number of aryl methyl sites for hydroxylation is 1. The van der Waals surface area contributed by atoms with Gasteiger partial charge in [0.05, 0.1) is 0 Å². The molecule has 0 bridgehead atoms. The standard InChI is InChI=1S/C17H20N2O2/c1-2-14-5-3-4-6-16(14)21-12-17(20)19-15-9-7-13(11-18)8-10-15/h3-10H,2,11-12,18H2,1H3,(H,19,20). The zero-order chi connectivity index (χ0) is 15.1. The molecular formula is C17H20N2O2. The van der Waals surface area contributed by atoms with Gasteiger partial charge >= 0.3 is 0 Å². The van der Waals surface area contributed by atoms with Crippen LogP contribution in [-0.4, -0.2) is 12.5 Å². The lowest BCUT2D eigenvalue weighted by atomic mass is 10.1. The van der Waals surface area contributed by atoms with Gasteiger partial charge in [-0.1, -0.05) is 37.3 Å². The smallest absolute Gasteiger partial charge is 0.262 e. The second-order valence-electron chi connectivity index (χ2n) is 4.70. The summed E-state index contributed by atoms with van der Waals surface area (Å²) in [4.78, 5) is 11.9. The minimum atomic E-state index is -0.179. The van der Waals surface area contributed by atoms with Gasteiger partial charge in [-0.3, -0.25) is 4.79 Å². The number of carbonyl (C=O) groups excluding carboxylic acids is 1. The second-order valence-corrected chi connectivity index (χ2v) is 4.70. The Balaban J connectivity index is 1.89. The molecule has 21 heavy (non-hydrogen) atoms. The molecule has 0 saturated heterocycles. The van der Waals surface area contributed by atoms with E-state index in [1.165, 1.54) is 0 Å². The van der Waals surface area contributed by atoms with Gasteiger partial charge in [0.1, 0.15) is 5.75 Å². The van der Waals surface area contributed by atoms with Crippen LogP contribution in [0.4, 0.5) is 5.69 Å². The molecule has 0 saturated carbocycles. The Kier molecular flexibility index (Phi) is 5.35. The Hall–Kier alpha value is -2.33. The monoisotopic (exact) mass is 284 g/mol. The maximum absolute atomic E-state index is 11.9. The van der Waals surface area contributed by atoms with E-state index in [1.807, 2.05) is 48.5 Å². The number of hydrogen-bond acceptors (Lipinski definition) is 3. The predicted octanol–water partition coefficient (Wildman–Crippen LogP) is 2.73. The summed E-state index contributed by atoms with van der Waals surface area (Å²) in [6.45, 7) is 2.54. The van der Waals surface area contributed by atoms with Gasteiger partial charge in [0, 0.05) is 12.2 Å². The van der Waals surface area contributed by atoms with Gasteiger partial charge in [-0.2, -0.15) is 0 Å². The lowest BCUT2D eigenvalue weighted by Gasteiger charge is -2.10. The van der Waals surface area contributed by atoms with Crippen molar-refractivity contribution >= 4 is 11.6 Å². The Labute approximate surface area is 124 Å². The molecule has 1 amide bonds. The van der Waals surface area contributed by atoms with Crippen LogP contribution in [0.2, 0.25) is 0 Å². The van der Waals surface area contributed by atoms with Crippen molar-refractivity contribution < 1.29 is 9.53 Å². The fourth-order valence-corrected chi connectivity index (χ4v) is 2.00. The molecule has 0 aliphatic heterocycles. The lowest BCUT2D eigenvalue weighted by Crippen LogP contribution is -2.20. The van der Waals surface area contributed by atoms with Crippen molar-refractivity contribution in [3.8, 4) is 5.75 Å². The number of nitrogens with one attached hydrogen (secondary N) is 1. The number of nitrogens with two attached hydrogens (primary N) is 1. The van der Waals surface area contributed by atoms with Gasteiger partial charge in [0.25, 0.3) is 5.91 Å². The highest BCUT2D eigenvalue weighted by atomic mass is 16.5. The van der Waals surface area contributed by atoms with Crippen LogP contribution < -0.4 is 15.8 Å². The Morgan fingerprint density at radius 3 is 2.52 bits per heavy atom. The third-order valence-electron chi connectivity index (χ3n) is 3.19. The van der Waals surface area contributed by atoms with Crippen LogP contribution in [0.15, 0.2) is 48.5 Å². The number of para-hydroxylation sites is 1. The zero-order valence-electron chi connectivity index (χ0n) is 12.1. The van der Waals surface area contributed by atoms with Crippen molar-refractivity contribution in [2.75, 3.05) is 11.9 Å². The summed E-state index contributed by atoms with van der Waals surface area (Å²) < 4.78 is 5.57. The Morgan fingerprint density at radius 1 is 1.14 bits per heavy atom. The summed E-state index contributed by atoms with van der Waals surface area (Å²) in [6, 6.07) is 15.2. The van der Waals surface area contributed by atoms with Crippen molar-refractivity contribution in [3.05, 3.63) is 59.7 Å². The van der Waals surface area contributed by atoms with Crippen molar-refractivity contribution in [2.24, 2.45) is 5.73 Å². The van der Waals surface area contributed by atoms with E-state index in [9.17, 15) is 4.79 Å². The summed E-state index contributed by atoms with van der Waals surface area (Å²) in [5, 5.41) is 2.80. The average molecular weight is 284 g/mol. The molecule has 0 atom stereocenters. The maximum Gasteiger partial charge on any atom is 0.262 e. The van der Waals surface area contributed by atoms with E-state index in [2.05, 4.69) is 12.2 Å². The number of benzene rings is 2. The van der Waals surface area contributed by atoms with E-state index in [0.717, 1.165) is 29.0 Å². The minimum Gasteiger partial charge on any atom is -0.483 e. The van der Waals surface area contributed by atoms with Crippen molar-refractivity contribution in [3.63, 3.8) is 0 Å². The van der Waals surface area contributed by atoms with Crippen LogP contribution in [0.1, 0.15) is 18.1 Å². The minimum absolute atomic E-state index is 0.00431. The van der Waals surface area contributed by atoms with Gasteiger partial charge in [-0.25, -0.2) is 0 Å². The molecule has 4 nitrogen and oxygen atoms in total. The van der Waals surface area contributed by atoms with Gasteiger partial charge in [-0.05, 0) is 35.7 Å². The van der Waals surface area contributed by atoms with Crippen molar-refractivity contribution in [2.45, 2.75) is 19.9 Å². The molecule has 110 valence electrons. The predicted molar refractivity (Wildman–Crippen MR) is 84.3 cm³/mol. The summed E-state index contributed by atoms with van der Waals surface area (Å²) in [7, 11) is 0. The van der Waals surface area contributed by atoms with Gasteiger partial charge in [-0.15, -0.1) is 0 Å². The molecular weight excluding hydrogens is 264 g/mol. The van der Waals surface area contributed by atoms with E-state index in [0.29, 0.717) is 6.54 Å². The van der Waals surface area contributed by atoms with E-state index in [-0.39, 0.29) is 12.5 Å². The molecule has 0 aromatic heterocycles. The SMILES string of the molecule is CCc1ccccc1OCC(=O)Nc1ccc(CN)cc1. The number of rotatable bonds is 6. The highest BCUT2D eigenvalue weighted by Crippen LogP contribution is 2.18. The largest absolute Gasteiger partial charge is 0.483 e. The average Bonchev–Trinajstić information content (AvgIpc) is 2.54. The molecule has 0 spiro atoms. The van der Waals surface area contributed by atoms with E-state index < -0.39 is 0 Å². The summed E-state index contributed by atoms with van der Waals surface area (Å²) in [5.41, 5.74) is 8.40. The quantitative estimate of drug-likeness (QED) is 0.857. The maximum atomic E-state index is 11.9. The molecule has 0 aliphatic carbocycles. The molecule has 0 aliphatic rings. The molecule has 2 rings (SSSR count). The number of carbonyl (C=O) groups is 1.